The molecule has 0 spiro atoms. The van der Waals surface area contributed by atoms with E-state index in [2.05, 4.69) is 11.0 Å². The lowest BCUT2D eigenvalue weighted by molar-refractivity contribution is 0.164. The Kier molecular flexibility index (Phi) is 5.05. The largest absolute Gasteiger partial charge is 0.497 e. The van der Waals surface area contributed by atoms with Crippen molar-refractivity contribution in [3.63, 3.8) is 0 Å². The van der Waals surface area contributed by atoms with E-state index in [9.17, 15) is 0 Å². The number of nitrogens with zero attached hydrogens (tertiary/aromatic N) is 2. The number of rotatable bonds is 5. The van der Waals surface area contributed by atoms with Crippen LogP contribution in [0.25, 0.3) is 0 Å². The molecule has 1 saturated heterocycles. The molecule has 0 aliphatic carbocycles. The molecule has 0 N–H and O–H groups in total. The van der Waals surface area contributed by atoms with Crippen LogP contribution in [0.15, 0.2) is 24.3 Å². The van der Waals surface area contributed by atoms with Crippen LogP contribution < -0.4 is 9.47 Å². The van der Waals surface area contributed by atoms with Crippen LogP contribution >= 0.6 is 0 Å². The average molecular weight is 260 g/mol. The van der Waals surface area contributed by atoms with E-state index in [0.717, 1.165) is 44.0 Å². The minimum atomic E-state index is 0.190. The molecule has 1 heterocycles. The molecule has 0 amide bonds. The van der Waals surface area contributed by atoms with Gasteiger partial charge in [0, 0.05) is 13.1 Å². The molecule has 0 saturated carbocycles. The van der Waals surface area contributed by atoms with Crippen LogP contribution in [0.1, 0.15) is 12.8 Å². The SMILES string of the molecule is COc1ccc(OCCN2CCCC(C#N)C2)cc1. The summed E-state index contributed by atoms with van der Waals surface area (Å²) in [6.07, 6.45) is 2.15. The third-order valence-electron chi connectivity index (χ3n) is 3.42. The predicted molar refractivity (Wildman–Crippen MR) is 73.3 cm³/mol. The highest BCUT2D eigenvalue weighted by Crippen LogP contribution is 2.18. The van der Waals surface area contributed by atoms with E-state index in [1.165, 1.54) is 0 Å². The maximum atomic E-state index is 8.94. The summed E-state index contributed by atoms with van der Waals surface area (Å²) < 4.78 is 10.8. The number of hydrogen-bond donors (Lipinski definition) is 0. The van der Waals surface area contributed by atoms with Crippen molar-refractivity contribution in [3.05, 3.63) is 24.3 Å². The first-order chi connectivity index (χ1) is 9.31. The average Bonchev–Trinajstić information content (AvgIpc) is 2.48. The van der Waals surface area contributed by atoms with Gasteiger partial charge in [0.15, 0.2) is 0 Å². The number of piperidine rings is 1. The van der Waals surface area contributed by atoms with E-state index in [1.54, 1.807) is 7.11 Å². The first-order valence-corrected chi connectivity index (χ1v) is 6.70. The highest BCUT2D eigenvalue weighted by Gasteiger charge is 2.18. The molecule has 1 fully saturated rings. The Labute approximate surface area is 114 Å². The van der Waals surface area contributed by atoms with Crippen molar-refractivity contribution in [1.82, 2.24) is 4.90 Å². The highest BCUT2D eigenvalue weighted by molar-refractivity contribution is 5.31. The van der Waals surface area contributed by atoms with E-state index in [1.807, 2.05) is 24.3 Å². The highest BCUT2D eigenvalue weighted by atomic mass is 16.5. The zero-order chi connectivity index (χ0) is 13.5. The molecule has 1 aliphatic rings. The fraction of sp³-hybridized carbons (Fsp3) is 0.533. The summed E-state index contributed by atoms with van der Waals surface area (Å²) in [5, 5.41) is 8.94. The van der Waals surface area contributed by atoms with Crippen LogP contribution in [-0.2, 0) is 0 Å². The fourth-order valence-corrected chi connectivity index (χ4v) is 2.33. The maximum absolute atomic E-state index is 8.94. The molecule has 2 rings (SSSR count). The normalized spacial score (nSPS) is 19.7. The number of benzene rings is 1. The molecule has 0 radical (unpaired) electrons. The summed E-state index contributed by atoms with van der Waals surface area (Å²) in [4.78, 5) is 2.31. The Bertz CT molecular complexity index is 425. The zero-order valence-corrected chi connectivity index (χ0v) is 11.3. The second kappa shape index (κ2) is 7.01. The molecular formula is C15H20N2O2. The van der Waals surface area contributed by atoms with E-state index in [4.69, 9.17) is 14.7 Å². The van der Waals surface area contributed by atoms with Crippen LogP contribution in [0.3, 0.4) is 0 Å². The van der Waals surface area contributed by atoms with Crippen LogP contribution in [-0.4, -0.2) is 38.3 Å². The fourth-order valence-electron chi connectivity index (χ4n) is 2.33. The Morgan fingerprint density at radius 1 is 1.32 bits per heavy atom. The van der Waals surface area contributed by atoms with E-state index >= 15 is 0 Å². The van der Waals surface area contributed by atoms with Gasteiger partial charge in [0.25, 0.3) is 0 Å². The van der Waals surface area contributed by atoms with Crippen molar-refractivity contribution in [3.8, 4) is 17.6 Å². The second-order valence-electron chi connectivity index (χ2n) is 4.79. The molecule has 4 nitrogen and oxygen atoms in total. The van der Waals surface area contributed by atoms with E-state index < -0.39 is 0 Å². The standard InChI is InChI=1S/C15H20N2O2/c1-18-14-4-6-15(7-5-14)19-10-9-17-8-2-3-13(11-16)12-17/h4-7,13H,2-3,8-10,12H2,1H3. The van der Waals surface area contributed by atoms with Gasteiger partial charge in [-0.15, -0.1) is 0 Å². The molecule has 1 aliphatic heterocycles. The number of ether oxygens (including phenoxy) is 2. The Morgan fingerprint density at radius 2 is 2.05 bits per heavy atom. The summed E-state index contributed by atoms with van der Waals surface area (Å²) in [5.41, 5.74) is 0. The van der Waals surface area contributed by atoms with Crippen molar-refractivity contribution in [2.45, 2.75) is 12.8 Å². The molecule has 4 heteroatoms. The molecule has 1 unspecified atom stereocenters. The lowest BCUT2D eigenvalue weighted by Gasteiger charge is -2.29. The molecule has 102 valence electrons. The molecule has 19 heavy (non-hydrogen) atoms. The smallest absolute Gasteiger partial charge is 0.119 e. The molecule has 1 atom stereocenters. The van der Waals surface area contributed by atoms with Crippen molar-refractivity contribution < 1.29 is 9.47 Å². The molecule has 1 aromatic carbocycles. The first-order valence-electron chi connectivity index (χ1n) is 6.70. The van der Waals surface area contributed by atoms with Gasteiger partial charge in [-0.25, -0.2) is 0 Å². The maximum Gasteiger partial charge on any atom is 0.119 e. The van der Waals surface area contributed by atoms with Crippen LogP contribution in [0, 0.1) is 17.2 Å². The molecule has 0 bridgehead atoms. The summed E-state index contributed by atoms with van der Waals surface area (Å²) >= 11 is 0. The van der Waals surface area contributed by atoms with Gasteiger partial charge < -0.3 is 9.47 Å². The Hall–Kier alpha value is -1.73. The molecular weight excluding hydrogens is 240 g/mol. The van der Waals surface area contributed by atoms with E-state index in [0.29, 0.717) is 6.61 Å². The van der Waals surface area contributed by atoms with Crippen molar-refractivity contribution >= 4 is 0 Å². The Balaban J connectivity index is 1.72. The van der Waals surface area contributed by atoms with Gasteiger partial charge in [-0.05, 0) is 43.7 Å². The number of likely N-dealkylation sites (tertiary alicyclic amines) is 1. The van der Waals surface area contributed by atoms with Crippen LogP contribution in [0.2, 0.25) is 0 Å². The third kappa shape index (κ3) is 4.15. The zero-order valence-electron chi connectivity index (χ0n) is 11.3. The van der Waals surface area contributed by atoms with Gasteiger partial charge in [0.05, 0.1) is 19.1 Å². The van der Waals surface area contributed by atoms with Gasteiger partial charge in [-0.3, -0.25) is 4.90 Å². The summed E-state index contributed by atoms with van der Waals surface area (Å²) in [5.74, 6) is 1.88. The number of hydrogen-bond acceptors (Lipinski definition) is 4. The van der Waals surface area contributed by atoms with Crippen molar-refractivity contribution in [1.29, 1.82) is 5.26 Å². The van der Waals surface area contributed by atoms with Gasteiger partial charge in [0.1, 0.15) is 18.1 Å². The first kappa shape index (κ1) is 13.7. The second-order valence-corrected chi connectivity index (χ2v) is 4.79. The topological polar surface area (TPSA) is 45.5 Å². The van der Waals surface area contributed by atoms with Crippen molar-refractivity contribution in [2.75, 3.05) is 33.4 Å². The number of nitriles is 1. The van der Waals surface area contributed by atoms with E-state index in [-0.39, 0.29) is 5.92 Å². The quantitative estimate of drug-likeness (QED) is 0.815. The third-order valence-corrected chi connectivity index (χ3v) is 3.42. The lowest BCUT2D eigenvalue weighted by Crippen LogP contribution is -2.37. The van der Waals surface area contributed by atoms with Crippen molar-refractivity contribution in [2.24, 2.45) is 5.92 Å². The van der Waals surface area contributed by atoms with Gasteiger partial charge in [-0.1, -0.05) is 0 Å². The Morgan fingerprint density at radius 3 is 2.74 bits per heavy atom. The van der Waals surface area contributed by atoms with Gasteiger partial charge in [0.2, 0.25) is 0 Å². The summed E-state index contributed by atoms with van der Waals surface area (Å²) in [6.45, 7) is 3.49. The summed E-state index contributed by atoms with van der Waals surface area (Å²) in [7, 11) is 1.65. The predicted octanol–water partition coefficient (Wildman–Crippen LogP) is 2.31. The molecule has 1 aromatic rings. The lowest BCUT2D eigenvalue weighted by atomic mass is 10.00. The van der Waals surface area contributed by atoms with Gasteiger partial charge in [-0.2, -0.15) is 5.26 Å². The summed E-state index contributed by atoms with van der Waals surface area (Å²) in [6, 6.07) is 9.96. The minimum absolute atomic E-state index is 0.190. The van der Waals surface area contributed by atoms with Crippen LogP contribution in [0.5, 0.6) is 11.5 Å². The van der Waals surface area contributed by atoms with Crippen LogP contribution in [0.4, 0.5) is 0 Å². The minimum Gasteiger partial charge on any atom is -0.497 e. The molecule has 0 aromatic heterocycles. The van der Waals surface area contributed by atoms with Gasteiger partial charge >= 0.3 is 0 Å². The monoisotopic (exact) mass is 260 g/mol. The number of methoxy groups -OCH3 is 1.